The number of hydrogen-bond donors (Lipinski definition) is 1. The van der Waals surface area contributed by atoms with Crippen molar-refractivity contribution in [2.45, 2.75) is 39.7 Å². The summed E-state index contributed by atoms with van der Waals surface area (Å²) in [5, 5.41) is 3.93. The molecular weight excluding hydrogens is 407 g/mol. The van der Waals surface area contributed by atoms with Crippen LogP contribution in [0.5, 0.6) is 0 Å². The molecule has 3 aromatic rings. The molecule has 1 aliphatic heterocycles. The van der Waals surface area contributed by atoms with Crippen LogP contribution in [0.25, 0.3) is 11.0 Å². The third-order valence-electron chi connectivity index (χ3n) is 6.52. The Labute approximate surface area is 187 Å². The second-order valence-corrected chi connectivity index (χ2v) is 8.66. The molecule has 0 unspecified atom stereocenters. The third-order valence-corrected chi connectivity index (χ3v) is 6.52. The van der Waals surface area contributed by atoms with Crippen molar-refractivity contribution in [3.05, 3.63) is 81.0 Å². The maximum atomic E-state index is 13.7. The summed E-state index contributed by atoms with van der Waals surface area (Å²) in [5.74, 6) is -0.227. The molecule has 0 bridgehead atoms. The van der Waals surface area contributed by atoms with E-state index in [0.717, 1.165) is 48.0 Å². The molecule has 0 atom stereocenters. The summed E-state index contributed by atoms with van der Waals surface area (Å²) in [7, 11) is 0. The molecule has 1 aliphatic rings. The van der Waals surface area contributed by atoms with E-state index in [9.17, 15) is 14.0 Å². The molecule has 4 rings (SSSR count). The first-order valence-corrected chi connectivity index (χ1v) is 11.2. The van der Waals surface area contributed by atoms with Crippen LogP contribution < -0.4 is 10.9 Å². The molecule has 1 N–H and O–H groups in total. The molecule has 1 saturated heterocycles. The number of halogens is 1. The van der Waals surface area contributed by atoms with Crippen molar-refractivity contribution in [1.82, 2.24) is 10.2 Å². The van der Waals surface area contributed by atoms with Crippen molar-refractivity contribution < 1.29 is 13.6 Å². The van der Waals surface area contributed by atoms with Gasteiger partial charge < -0.3 is 9.73 Å². The molecule has 0 aliphatic carbocycles. The van der Waals surface area contributed by atoms with Crippen molar-refractivity contribution in [2.75, 3.05) is 19.6 Å². The van der Waals surface area contributed by atoms with E-state index in [1.54, 1.807) is 24.3 Å². The fraction of sp³-hybridized carbons (Fsp3) is 0.385. The van der Waals surface area contributed by atoms with Gasteiger partial charge in [-0.2, -0.15) is 0 Å². The van der Waals surface area contributed by atoms with E-state index in [1.165, 1.54) is 6.07 Å². The minimum absolute atomic E-state index is 0.0330. The summed E-state index contributed by atoms with van der Waals surface area (Å²) in [6.45, 7) is 6.65. The molecule has 2 aromatic carbocycles. The number of benzene rings is 2. The van der Waals surface area contributed by atoms with Crippen LogP contribution in [-0.4, -0.2) is 30.4 Å². The largest absolute Gasteiger partial charge is 0.422 e. The third kappa shape index (κ3) is 4.91. The van der Waals surface area contributed by atoms with Gasteiger partial charge in [0.1, 0.15) is 11.4 Å². The molecule has 5 nitrogen and oxygen atoms in total. The van der Waals surface area contributed by atoms with Crippen LogP contribution in [-0.2, 0) is 17.8 Å². The molecule has 168 valence electrons. The number of carbonyl (C=O) groups is 1. The number of piperidine rings is 1. The monoisotopic (exact) mass is 436 g/mol. The number of hydrogen-bond acceptors (Lipinski definition) is 4. The standard InChI is InChI=1S/C26H29FN2O3/c1-17-7-8-22-21(15-24(30)32-25(22)18(17)2)16-29-13-10-20(11-14-29)26(31)28-12-9-19-5-3-4-6-23(19)27/h3-8,15,20H,9-14,16H2,1-2H3,(H,28,31). The van der Waals surface area contributed by atoms with Crippen LogP contribution in [0.1, 0.15) is 35.1 Å². The summed E-state index contributed by atoms with van der Waals surface area (Å²) in [4.78, 5) is 26.9. The zero-order valence-corrected chi connectivity index (χ0v) is 18.6. The highest BCUT2D eigenvalue weighted by atomic mass is 19.1. The summed E-state index contributed by atoms with van der Waals surface area (Å²) >= 11 is 0. The van der Waals surface area contributed by atoms with Gasteiger partial charge in [0.2, 0.25) is 5.91 Å². The van der Waals surface area contributed by atoms with Crippen LogP contribution in [0.3, 0.4) is 0 Å². The highest BCUT2D eigenvalue weighted by molar-refractivity contribution is 5.84. The zero-order chi connectivity index (χ0) is 22.7. The number of likely N-dealkylation sites (tertiary alicyclic amines) is 1. The summed E-state index contributed by atoms with van der Waals surface area (Å²) in [6.07, 6.45) is 2.02. The van der Waals surface area contributed by atoms with E-state index in [4.69, 9.17) is 4.42 Å². The minimum atomic E-state index is -0.328. The Morgan fingerprint density at radius 2 is 1.88 bits per heavy atom. The molecule has 1 aromatic heterocycles. The van der Waals surface area contributed by atoms with E-state index in [0.29, 0.717) is 30.7 Å². The predicted octanol–water partition coefficient (Wildman–Crippen LogP) is 4.12. The van der Waals surface area contributed by atoms with Gasteiger partial charge in [0.25, 0.3) is 0 Å². The first-order chi connectivity index (χ1) is 15.4. The van der Waals surface area contributed by atoms with E-state index in [2.05, 4.69) is 16.3 Å². The van der Waals surface area contributed by atoms with Gasteiger partial charge in [-0.25, -0.2) is 9.18 Å². The second kappa shape index (κ2) is 9.65. The molecule has 32 heavy (non-hydrogen) atoms. The maximum Gasteiger partial charge on any atom is 0.336 e. The lowest BCUT2D eigenvalue weighted by Gasteiger charge is -2.31. The van der Waals surface area contributed by atoms with Crippen molar-refractivity contribution >= 4 is 16.9 Å². The van der Waals surface area contributed by atoms with Crippen molar-refractivity contribution in [2.24, 2.45) is 5.92 Å². The van der Waals surface area contributed by atoms with E-state index < -0.39 is 0 Å². The highest BCUT2D eigenvalue weighted by Gasteiger charge is 2.25. The Morgan fingerprint density at radius 3 is 2.62 bits per heavy atom. The molecular formula is C26H29FN2O3. The van der Waals surface area contributed by atoms with E-state index >= 15 is 0 Å². The predicted molar refractivity (Wildman–Crippen MR) is 123 cm³/mol. The number of carbonyl (C=O) groups excluding carboxylic acids is 1. The lowest BCUT2D eigenvalue weighted by atomic mass is 9.95. The minimum Gasteiger partial charge on any atom is -0.422 e. The molecule has 0 saturated carbocycles. The number of nitrogens with one attached hydrogen (secondary N) is 1. The van der Waals surface area contributed by atoms with Gasteiger partial charge in [-0.3, -0.25) is 9.69 Å². The average Bonchev–Trinajstić information content (AvgIpc) is 2.78. The summed E-state index contributed by atoms with van der Waals surface area (Å²) in [6, 6.07) is 12.3. The number of fused-ring (bicyclic) bond motifs is 1. The van der Waals surface area contributed by atoms with Gasteiger partial charge in [0.15, 0.2) is 0 Å². The topological polar surface area (TPSA) is 62.6 Å². The normalized spacial score (nSPS) is 15.2. The van der Waals surface area contributed by atoms with E-state index in [1.807, 2.05) is 19.9 Å². The summed E-state index contributed by atoms with van der Waals surface area (Å²) < 4.78 is 19.2. The van der Waals surface area contributed by atoms with Crippen molar-refractivity contribution in [3.8, 4) is 0 Å². The van der Waals surface area contributed by atoms with Crippen LogP contribution >= 0.6 is 0 Å². The Balaban J connectivity index is 1.32. The molecule has 1 amide bonds. The first-order valence-electron chi connectivity index (χ1n) is 11.2. The fourth-order valence-corrected chi connectivity index (χ4v) is 4.42. The number of rotatable bonds is 6. The molecule has 0 spiro atoms. The Bertz CT molecular complexity index is 1180. The van der Waals surface area contributed by atoms with Gasteiger partial charge in [-0.1, -0.05) is 30.3 Å². The quantitative estimate of drug-likeness (QED) is 0.591. The first kappa shape index (κ1) is 22.2. The average molecular weight is 437 g/mol. The van der Waals surface area contributed by atoms with Gasteiger partial charge in [-0.05, 0) is 74.5 Å². The number of amides is 1. The van der Waals surface area contributed by atoms with Gasteiger partial charge in [0.05, 0.1) is 0 Å². The Kier molecular flexibility index (Phi) is 6.70. The molecule has 2 heterocycles. The second-order valence-electron chi connectivity index (χ2n) is 8.66. The van der Waals surface area contributed by atoms with Crippen molar-refractivity contribution in [1.29, 1.82) is 0 Å². The molecule has 0 radical (unpaired) electrons. The van der Waals surface area contributed by atoms with Gasteiger partial charge >= 0.3 is 5.63 Å². The number of aryl methyl sites for hydroxylation is 2. The van der Waals surface area contributed by atoms with Crippen LogP contribution in [0.15, 0.2) is 51.7 Å². The number of nitrogens with zero attached hydrogens (tertiary/aromatic N) is 1. The van der Waals surface area contributed by atoms with Crippen LogP contribution in [0.4, 0.5) is 4.39 Å². The van der Waals surface area contributed by atoms with Gasteiger partial charge in [0, 0.05) is 30.5 Å². The smallest absolute Gasteiger partial charge is 0.336 e. The fourth-order valence-electron chi connectivity index (χ4n) is 4.42. The SMILES string of the molecule is Cc1ccc2c(CN3CCC(C(=O)NCCc4ccccc4F)CC3)cc(=O)oc2c1C. The zero-order valence-electron chi connectivity index (χ0n) is 18.6. The van der Waals surface area contributed by atoms with Crippen LogP contribution in [0.2, 0.25) is 0 Å². The summed E-state index contributed by atoms with van der Waals surface area (Å²) in [5.41, 5.74) is 4.01. The molecule has 6 heteroatoms. The Morgan fingerprint density at radius 1 is 1.12 bits per heavy atom. The maximum absolute atomic E-state index is 13.7. The van der Waals surface area contributed by atoms with Gasteiger partial charge in [-0.15, -0.1) is 0 Å². The highest BCUT2D eigenvalue weighted by Crippen LogP contribution is 2.26. The lowest BCUT2D eigenvalue weighted by molar-refractivity contribution is -0.126. The van der Waals surface area contributed by atoms with Crippen LogP contribution in [0, 0.1) is 25.6 Å². The van der Waals surface area contributed by atoms with E-state index in [-0.39, 0.29) is 23.3 Å². The van der Waals surface area contributed by atoms with Crippen molar-refractivity contribution in [3.63, 3.8) is 0 Å². The molecule has 1 fully saturated rings. The Hall–Kier alpha value is -2.99. The lowest BCUT2D eigenvalue weighted by Crippen LogP contribution is -2.40.